The highest BCUT2D eigenvalue weighted by Crippen LogP contribution is 2.71. The SMILES string of the molecule is O=C(O)[C@H]1C2[C@H]3C[C@@H]1C(=O)[C@@H]23. The van der Waals surface area contributed by atoms with Crippen LogP contribution in [0.4, 0.5) is 0 Å². The minimum atomic E-state index is -0.754. The van der Waals surface area contributed by atoms with E-state index >= 15 is 0 Å². The monoisotopic (exact) mass is 152 g/mol. The number of carboxylic acid groups (broad SMARTS) is 1. The summed E-state index contributed by atoms with van der Waals surface area (Å²) < 4.78 is 0. The first-order chi connectivity index (χ1) is 5.22. The van der Waals surface area contributed by atoms with E-state index in [-0.39, 0.29) is 29.5 Å². The molecule has 4 rings (SSSR count). The molecule has 0 aromatic heterocycles. The molecule has 1 N–H and O–H groups in total. The summed E-state index contributed by atoms with van der Waals surface area (Å²) >= 11 is 0. The molecule has 4 aliphatic carbocycles. The van der Waals surface area contributed by atoms with Gasteiger partial charge in [0.15, 0.2) is 0 Å². The maximum atomic E-state index is 11.2. The molecular weight excluding hydrogens is 144 g/mol. The molecule has 58 valence electrons. The van der Waals surface area contributed by atoms with Crippen molar-refractivity contribution >= 4 is 11.8 Å². The van der Waals surface area contributed by atoms with Crippen LogP contribution in [-0.4, -0.2) is 16.9 Å². The van der Waals surface area contributed by atoms with Gasteiger partial charge in [0.05, 0.1) is 5.92 Å². The normalized spacial score (nSPS) is 56.7. The van der Waals surface area contributed by atoms with Crippen molar-refractivity contribution in [3.63, 3.8) is 0 Å². The Morgan fingerprint density at radius 2 is 2.27 bits per heavy atom. The van der Waals surface area contributed by atoms with Gasteiger partial charge in [0, 0.05) is 11.8 Å². The summed E-state index contributed by atoms with van der Waals surface area (Å²) in [6.45, 7) is 0. The number of hydrogen-bond acceptors (Lipinski definition) is 2. The second kappa shape index (κ2) is 1.36. The third-order valence-corrected chi connectivity index (χ3v) is 3.58. The van der Waals surface area contributed by atoms with Gasteiger partial charge in [0.25, 0.3) is 0 Å². The lowest BCUT2D eigenvalue weighted by atomic mass is 9.98. The van der Waals surface area contributed by atoms with Gasteiger partial charge in [-0.25, -0.2) is 0 Å². The number of carboxylic acids is 1. The van der Waals surface area contributed by atoms with E-state index in [9.17, 15) is 9.59 Å². The molecule has 0 aliphatic heterocycles. The molecule has 0 aromatic rings. The fourth-order valence-corrected chi connectivity index (χ4v) is 3.18. The van der Waals surface area contributed by atoms with Crippen LogP contribution >= 0.6 is 0 Å². The van der Waals surface area contributed by atoms with Gasteiger partial charge in [0.1, 0.15) is 5.78 Å². The van der Waals surface area contributed by atoms with Crippen molar-refractivity contribution in [1.82, 2.24) is 0 Å². The zero-order valence-corrected chi connectivity index (χ0v) is 5.86. The van der Waals surface area contributed by atoms with Crippen LogP contribution in [0.15, 0.2) is 0 Å². The summed E-state index contributed by atoms with van der Waals surface area (Å²) in [7, 11) is 0. The summed E-state index contributed by atoms with van der Waals surface area (Å²) in [5.41, 5.74) is 0. The number of carbonyl (C=O) groups is 2. The third kappa shape index (κ3) is 0.424. The molecule has 4 bridgehead atoms. The van der Waals surface area contributed by atoms with E-state index in [0.717, 1.165) is 6.42 Å². The Bertz CT molecular complexity index is 271. The van der Waals surface area contributed by atoms with Crippen LogP contribution in [0.5, 0.6) is 0 Å². The Morgan fingerprint density at radius 1 is 1.55 bits per heavy atom. The molecule has 0 aromatic carbocycles. The van der Waals surface area contributed by atoms with Gasteiger partial charge in [-0.2, -0.15) is 0 Å². The molecule has 0 spiro atoms. The van der Waals surface area contributed by atoms with E-state index in [1.807, 2.05) is 0 Å². The topological polar surface area (TPSA) is 54.4 Å². The molecule has 11 heavy (non-hydrogen) atoms. The van der Waals surface area contributed by atoms with E-state index in [2.05, 4.69) is 0 Å². The van der Waals surface area contributed by atoms with Crippen LogP contribution < -0.4 is 0 Å². The largest absolute Gasteiger partial charge is 0.481 e. The first-order valence-corrected chi connectivity index (χ1v) is 3.98. The number of hydrogen-bond donors (Lipinski definition) is 1. The Balaban J connectivity index is 2.03. The van der Waals surface area contributed by atoms with Crippen molar-refractivity contribution in [2.24, 2.45) is 29.6 Å². The van der Waals surface area contributed by atoms with Crippen molar-refractivity contribution < 1.29 is 14.7 Å². The van der Waals surface area contributed by atoms with Crippen molar-refractivity contribution in [1.29, 1.82) is 0 Å². The molecule has 3 nitrogen and oxygen atoms in total. The molecule has 4 fully saturated rings. The Morgan fingerprint density at radius 3 is 2.45 bits per heavy atom. The highest BCUT2D eigenvalue weighted by Gasteiger charge is 2.75. The third-order valence-electron chi connectivity index (χ3n) is 3.58. The van der Waals surface area contributed by atoms with Crippen LogP contribution in [-0.2, 0) is 9.59 Å². The van der Waals surface area contributed by atoms with Gasteiger partial charge < -0.3 is 5.11 Å². The van der Waals surface area contributed by atoms with E-state index < -0.39 is 5.97 Å². The quantitative estimate of drug-likeness (QED) is 0.582. The number of ketones is 1. The molecular formula is C8H8O3. The molecule has 0 amide bonds. The summed E-state index contributed by atoms with van der Waals surface area (Å²) in [4.78, 5) is 21.9. The molecule has 3 heteroatoms. The van der Waals surface area contributed by atoms with Crippen molar-refractivity contribution in [3.8, 4) is 0 Å². The second-order valence-corrected chi connectivity index (χ2v) is 3.88. The van der Waals surface area contributed by atoms with Crippen LogP contribution in [0.25, 0.3) is 0 Å². The van der Waals surface area contributed by atoms with E-state index in [0.29, 0.717) is 5.92 Å². The summed E-state index contributed by atoms with van der Waals surface area (Å²) in [6.07, 6.45) is 0.866. The lowest BCUT2D eigenvalue weighted by molar-refractivity contribution is -0.144. The van der Waals surface area contributed by atoms with Gasteiger partial charge in [-0.3, -0.25) is 9.59 Å². The lowest BCUT2D eigenvalue weighted by Gasteiger charge is -2.05. The minimum Gasteiger partial charge on any atom is -0.481 e. The molecule has 4 aliphatic rings. The summed E-state index contributed by atoms with van der Waals surface area (Å²) in [6, 6.07) is 0. The molecule has 1 unspecified atom stereocenters. The Hall–Kier alpha value is -0.860. The molecule has 0 saturated heterocycles. The fourth-order valence-electron chi connectivity index (χ4n) is 3.18. The number of aliphatic carboxylic acids is 1. The van der Waals surface area contributed by atoms with Crippen LogP contribution in [0.3, 0.4) is 0 Å². The van der Waals surface area contributed by atoms with Gasteiger partial charge in [0.2, 0.25) is 0 Å². The van der Waals surface area contributed by atoms with Crippen molar-refractivity contribution in [3.05, 3.63) is 0 Å². The Labute approximate surface area is 63.4 Å². The average Bonchev–Trinajstić information content (AvgIpc) is 2.33. The van der Waals surface area contributed by atoms with Crippen molar-refractivity contribution in [2.45, 2.75) is 6.42 Å². The van der Waals surface area contributed by atoms with Crippen LogP contribution in [0, 0.1) is 29.6 Å². The Kier molecular flexibility index (Phi) is 0.708. The number of Topliss-reactive ketones (excluding diaryl/α,β-unsaturated/α-hetero) is 1. The average molecular weight is 152 g/mol. The zero-order chi connectivity index (χ0) is 7.75. The lowest BCUT2D eigenvalue weighted by Crippen LogP contribution is -2.19. The van der Waals surface area contributed by atoms with Gasteiger partial charge >= 0.3 is 5.97 Å². The maximum absolute atomic E-state index is 11.2. The maximum Gasteiger partial charge on any atom is 0.307 e. The highest BCUT2D eigenvalue weighted by molar-refractivity contribution is 5.98. The predicted octanol–water partition coefficient (Wildman–Crippen LogP) is 0.152. The predicted molar refractivity (Wildman–Crippen MR) is 34.7 cm³/mol. The molecule has 5 atom stereocenters. The van der Waals surface area contributed by atoms with Crippen molar-refractivity contribution in [2.75, 3.05) is 0 Å². The van der Waals surface area contributed by atoms with Gasteiger partial charge in [-0.1, -0.05) is 0 Å². The van der Waals surface area contributed by atoms with E-state index in [1.54, 1.807) is 0 Å². The number of carbonyl (C=O) groups excluding carboxylic acids is 1. The van der Waals surface area contributed by atoms with Gasteiger partial charge in [-0.05, 0) is 18.3 Å². The zero-order valence-electron chi connectivity index (χ0n) is 5.86. The number of rotatable bonds is 1. The minimum absolute atomic E-state index is 0.104. The van der Waals surface area contributed by atoms with E-state index in [4.69, 9.17) is 5.11 Å². The van der Waals surface area contributed by atoms with E-state index in [1.165, 1.54) is 0 Å². The standard InChI is InChI=1S/C8H8O3/c9-7-3-1-2-4(5(2)7)6(3)8(10)11/h2-6H,1H2,(H,10,11)/t2-,3+,4?,5-,6-/m1/s1. The van der Waals surface area contributed by atoms with Crippen LogP contribution in [0.1, 0.15) is 6.42 Å². The fraction of sp³-hybridized carbons (Fsp3) is 0.750. The molecule has 0 radical (unpaired) electrons. The highest BCUT2D eigenvalue weighted by atomic mass is 16.4. The summed E-state index contributed by atoms with van der Waals surface area (Å²) in [5, 5.41) is 8.77. The molecule has 0 heterocycles. The first-order valence-electron chi connectivity index (χ1n) is 3.98. The first kappa shape index (κ1) is 5.75. The second-order valence-electron chi connectivity index (χ2n) is 3.88. The molecule has 4 saturated carbocycles. The van der Waals surface area contributed by atoms with Crippen LogP contribution in [0.2, 0.25) is 0 Å². The summed E-state index contributed by atoms with van der Waals surface area (Å²) in [5.74, 6) is -0.0482. The smallest absolute Gasteiger partial charge is 0.307 e. The van der Waals surface area contributed by atoms with Gasteiger partial charge in [-0.15, -0.1) is 0 Å².